The van der Waals surface area contributed by atoms with E-state index in [0.717, 1.165) is 24.9 Å². The minimum Gasteiger partial charge on any atom is -0.481 e. The smallest absolute Gasteiger partial charge is 0.307 e. The van der Waals surface area contributed by atoms with Gasteiger partial charge in [0.15, 0.2) is 0 Å². The normalized spacial score (nSPS) is 22.1. The van der Waals surface area contributed by atoms with Crippen LogP contribution in [0.3, 0.4) is 0 Å². The van der Waals surface area contributed by atoms with Gasteiger partial charge in [0, 0.05) is 13.1 Å². The standard InChI is InChI=1S/C15H20ClNO2/c1-11-4-6-12(7-5-11)14(16)10-17-8-2-3-13(9-17)15(18)19/h4-7,13-14H,2-3,8-10H2,1H3,(H,18,19). The SMILES string of the molecule is Cc1ccc(C(Cl)CN2CCCC(C(=O)O)C2)cc1. The van der Waals surface area contributed by atoms with Crippen molar-refractivity contribution in [2.45, 2.75) is 25.1 Å². The van der Waals surface area contributed by atoms with Gasteiger partial charge in [0.25, 0.3) is 0 Å². The predicted octanol–water partition coefficient (Wildman–Crippen LogP) is 3.07. The van der Waals surface area contributed by atoms with Gasteiger partial charge in [0.2, 0.25) is 0 Å². The summed E-state index contributed by atoms with van der Waals surface area (Å²) in [7, 11) is 0. The van der Waals surface area contributed by atoms with Gasteiger partial charge in [-0.3, -0.25) is 4.79 Å². The summed E-state index contributed by atoms with van der Waals surface area (Å²) in [5.41, 5.74) is 2.32. The van der Waals surface area contributed by atoms with Gasteiger partial charge in [0.05, 0.1) is 11.3 Å². The molecule has 2 unspecified atom stereocenters. The molecule has 0 amide bonds. The van der Waals surface area contributed by atoms with Crippen LogP contribution in [0.5, 0.6) is 0 Å². The van der Waals surface area contributed by atoms with Crippen LogP contribution < -0.4 is 0 Å². The van der Waals surface area contributed by atoms with Gasteiger partial charge in [-0.15, -0.1) is 11.6 Å². The Morgan fingerprint density at radius 2 is 2.16 bits per heavy atom. The first-order chi connectivity index (χ1) is 9.06. The van der Waals surface area contributed by atoms with Crippen molar-refractivity contribution < 1.29 is 9.90 Å². The lowest BCUT2D eigenvalue weighted by molar-refractivity contribution is -0.143. The van der Waals surface area contributed by atoms with E-state index in [9.17, 15) is 4.79 Å². The second-order valence-electron chi connectivity index (χ2n) is 5.32. The highest BCUT2D eigenvalue weighted by atomic mass is 35.5. The summed E-state index contributed by atoms with van der Waals surface area (Å²) in [5, 5.41) is 9.00. The van der Waals surface area contributed by atoms with Gasteiger partial charge in [-0.2, -0.15) is 0 Å². The highest BCUT2D eigenvalue weighted by molar-refractivity contribution is 6.21. The Bertz CT molecular complexity index is 432. The van der Waals surface area contributed by atoms with Gasteiger partial charge in [-0.1, -0.05) is 29.8 Å². The molecule has 1 N–H and O–H groups in total. The number of hydrogen-bond acceptors (Lipinski definition) is 2. The third-order valence-corrected chi connectivity index (χ3v) is 4.10. The zero-order valence-electron chi connectivity index (χ0n) is 11.2. The van der Waals surface area contributed by atoms with E-state index in [1.807, 2.05) is 12.1 Å². The maximum atomic E-state index is 11.0. The molecule has 1 aromatic rings. The lowest BCUT2D eigenvalue weighted by Gasteiger charge is -2.32. The molecular formula is C15H20ClNO2. The number of carbonyl (C=O) groups is 1. The Kier molecular flexibility index (Phi) is 4.83. The van der Waals surface area contributed by atoms with E-state index in [4.69, 9.17) is 16.7 Å². The molecule has 1 aliphatic heterocycles. The first-order valence-electron chi connectivity index (χ1n) is 6.72. The Balaban J connectivity index is 1.93. The predicted molar refractivity (Wildman–Crippen MR) is 76.6 cm³/mol. The van der Waals surface area contributed by atoms with Crippen LogP contribution in [-0.2, 0) is 4.79 Å². The molecule has 104 valence electrons. The van der Waals surface area contributed by atoms with E-state index in [1.165, 1.54) is 5.56 Å². The highest BCUT2D eigenvalue weighted by Gasteiger charge is 2.26. The molecule has 1 aliphatic rings. The van der Waals surface area contributed by atoms with Gasteiger partial charge >= 0.3 is 5.97 Å². The molecule has 0 bridgehead atoms. The molecule has 2 atom stereocenters. The minimum atomic E-state index is -0.689. The van der Waals surface area contributed by atoms with Crippen molar-refractivity contribution in [3.05, 3.63) is 35.4 Å². The third kappa shape index (κ3) is 3.95. The number of carboxylic acids is 1. The van der Waals surface area contributed by atoms with Gasteiger partial charge in [0.1, 0.15) is 0 Å². The Hall–Kier alpha value is -1.06. The van der Waals surface area contributed by atoms with E-state index < -0.39 is 5.97 Å². The molecule has 1 fully saturated rings. The average Bonchev–Trinajstić information content (AvgIpc) is 2.39. The van der Waals surface area contributed by atoms with Crippen molar-refractivity contribution in [2.75, 3.05) is 19.6 Å². The average molecular weight is 282 g/mol. The van der Waals surface area contributed by atoms with E-state index in [-0.39, 0.29) is 11.3 Å². The summed E-state index contributed by atoms with van der Waals surface area (Å²) in [6.45, 7) is 4.33. The van der Waals surface area contributed by atoms with E-state index >= 15 is 0 Å². The highest BCUT2D eigenvalue weighted by Crippen LogP contribution is 2.25. The summed E-state index contributed by atoms with van der Waals surface area (Å²) in [6, 6.07) is 8.21. The van der Waals surface area contributed by atoms with Gasteiger partial charge in [-0.25, -0.2) is 0 Å². The van der Waals surface area contributed by atoms with Crippen LogP contribution in [0, 0.1) is 12.8 Å². The molecule has 0 aliphatic carbocycles. The van der Waals surface area contributed by atoms with Crippen molar-refractivity contribution in [3.8, 4) is 0 Å². The van der Waals surface area contributed by atoms with Crippen LogP contribution in [0.1, 0.15) is 29.3 Å². The second-order valence-corrected chi connectivity index (χ2v) is 5.84. The first-order valence-corrected chi connectivity index (χ1v) is 7.15. The number of hydrogen-bond donors (Lipinski definition) is 1. The van der Waals surface area contributed by atoms with Crippen LogP contribution in [0.15, 0.2) is 24.3 Å². The molecule has 0 spiro atoms. The summed E-state index contributed by atoms with van der Waals surface area (Å²) in [6.07, 6.45) is 1.72. The molecule has 0 saturated carbocycles. The number of aliphatic carboxylic acids is 1. The van der Waals surface area contributed by atoms with Crippen LogP contribution >= 0.6 is 11.6 Å². The van der Waals surface area contributed by atoms with Crippen molar-refractivity contribution >= 4 is 17.6 Å². The molecule has 1 aromatic carbocycles. The fourth-order valence-electron chi connectivity index (χ4n) is 2.53. The maximum Gasteiger partial charge on any atom is 0.307 e. The number of likely N-dealkylation sites (tertiary alicyclic amines) is 1. The topological polar surface area (TPSA) is 40.5 Å². The molecule has 0 radical (unpaired) electrons. The van der Waals surface area contributed by atoms with E-state index in [1.54, 1.807) is 0 Å². The molecule has 4 heteroatoms. The van der Waals surface area contributed by atoms with Crippen molar-refractivity contribution in [1.82, 2.24) is 4.90 Å². The number of alkyl halides is 1. The van der Waals surface area contributed by atoms with Crippen LogP contribution in [-0.4, -0.2) is 35.6 Å². The molecule has 0 aromatic heterocycles. The van der Waals surface area contributed by atoms with Crippen LogP contribution in [0.25, 0.3) is 0 Å². The maximum absolute atomic E-state index is 11.0. The molecule has 2 rings (SSSR count). The van der Waals surface area contributed by atoms with Gasteiger partial charge in [-0.05, 0) is 31.9 Å². The number of rotatable bonds is 4. The third-order valence-electron chi connectivity index (χ3n) is 3.71. The fourth-order valence-corrected chi connectivity index (χ4v) is 2.87. The Labute approximate surface area is 119 Å². The number of halogens is 1. The van der Waals surface area contributed by atoms with Crippen molar-refractivity contribution in [2.24, 2.45) is 5.92 Å². The Morgan fingerprint density at radius 1 is 1.47 bits per heavy atom. The van der Waals surface area contributed by atoms with Crippen molar-refractivity contribution in [3.63, 3.8) is 0 Å². The summed E-state index contributed by atoms with van der Waals surface area (Å²) < 4.78 is 0. The summed E-state index contributed by atoms with van der Waals surface area (Å²) >= 11 is 6.43. The quantitative estimate of drug-likeness (QED) is 0.862. The van der Waals surface area contributed by atoms with Gasteiger partial charge < -0.3 is 10.0 Å². The zero-order chi connectivity index (χ0) is 13.8. The van der Waals surface area contributed by atoms with Crippen LogP contribution in [0.2, 0.25) is 0 Å². The molecule has 19 heavy (non-hydrogen) atoms. The second kappa shape index (κ2) is 6.40. The molecule has 1 saturated heterocycles. The number of aryl methyl sites for hydroxylation is 1. The lowest BCUT2D eigenvalue weighted by Crippen LogP contribution is -2.40. The minimum absolute atomic E-state index is 0.0758. The van der Waals surface area contributed by atoms with Crippen LogP contribution in [0.4, 0.5) is 0 Å². The molecular weight excluding hydrogens is 262 g/mol. The Morgan fingerprint density at radius 3 is 2.79 bits per heavy atom. The zero-order valence-corrected chi connectivity index (χ0v) is 11.9. The molecule has 3 nitrogen and oxygen atoms in total. The fraction of sp³-hybridized carbons (Fsp3) is 0.533. The van der Waals surface area contributed by atoms with E-state index in [2.05, 4.69) is 24.0 Å². The van der Waals surface area contributed by atoms with E-state index in [0.29, 0.717) is 13.1 Å². The van der Waals surface area contributed by atoms with Crippen molar-refractivity contribution in [1.29, 1.82) is 0 Å². The first kappa shape index (κ1) is 14.4. The number of nitrogens with zero attached hydrogens (tertiary/aromatic N) is 1. The summed E-state index contributed by atoms with van der Waals surface area (Å²) in [4.78, 5) is 13.2. The number of piperidine rings is 1. The number of benzene rings is 1. The summed E-state index contributed by atoms with van der Waals surface area (Å²) in [5.74, 6) is -0.929. The molecule has 1 heterocycles. The lowest BCUT2D eigenvalue weighted by atomic mass is 9.98. The largest absolute Gasteiger partial charge is 0.481 e. The monoisotopic (exact) mass is 281 g/mol. The number of carboxylic acid groups (broad SMARTS) is 1.